The van der Waals surface area contributed by atoms with Gasteiger partial charge in [0.2, 0.25) is 5.78 Å². The van der Waals surface area contributed by atoms with Gasteiger partial charge in [0, 0.05) is 10.0 Å². The Hall–Kier alpha value is -1.13. The van der Waals surface area contributed by atoms with Gasteiger partial charge < -0.3 is 4.74 Å². The second-order valence-corrected chi connectivity index (χ2v) is 5.15. The Balaban J connectivity index is 2.23. The van der Waals surface area contributed by atoms with Crippen molar-refractivity contribution >= 4 is 33.0 Å². The van der Waals surface area contributed by atoms with Crippen LogP contribution in [0, 0.1) is 0 Å². The van der Waals surface area contributed by atoms with E-state index < -0.39 is 0 Å². The first-order valence-corrected chi connectivity index (χ1v) is 6.90. The molecule has 1 aromatic carbocycles. The van der Waals surface area contributed by atoms with Gasteiger partial charge in [-0.25, -0.2) is 0 Å². The van der Waals surface area contributed by atoms with E-state index in [1.54, 1.807) is 12.1 Å². The fourth-order valence-electron chi connectivity index (χ4n) is 1.46. The Morgan fingerprint density at radius 2 is 2.00 bits per heavy atom. The number of thiophene rings is 1. The summed E-state index contributed by atoms with van der Waals surface area (Å²) in [4.78, 5) is 12.9. The van der Waals surface area contributed by atoms with E-state index in [1.165, 1.54) is 11.3 Å². The molecule has 2 rings (SSSR count). The summed E-state index contributed by atoms with van der Waals surface area (Å²) in [7, 11) is 0. The predicted octanol–water partition coefficient (Wildman–Crippen LogP) is 4.14. The molecule has 2 aromatic rings. The Kier molecular flexibility index (Phi) is 3.97. The van der Waals surface area contributed by atoms with Crippen molar-refractivity contribution in [2.24, 2.45) is 0 Å². The van der Waals surface area contributed by atoms with Gasteiger partial charge in [0.25, 0.3) is 0 Å². The highest BCUT2D eigenvalue weighted by Crippen LogP contribution is 2.26. The van der Waals surface area contributed by atoms with E-state index in [1.807, 2.05) is 30.5 Å². The van der Waals surface area contributed by atoms with Gasteiger partial charge in [-0.15, -0.1) is 11.3 Å². The van der Waals surface area contributed by atoms with Crippen molar-refractivity contribution in [2.75, 3.05) is 6.61 Å². The van der Waals surface area contributed by atoms with Gasteiger partial charge in [-0.1, -0.05) is 0 Å². The standard InChI is InChI=1S/C13H11BrO2S/c1-2-16-10-5-3-9(4-6-10)12(15)13-11(14)7-8-17-13/h3-8H,2H2,1H3. The van der Waals surface area contributed by atoms with E-state index in [2.05, 4.69) is 15.9 Å². The lowest BCUT2D eigenvalue weighted by Crippen LogP contribution is -1.99. The third-order valence-corrected chi connectivity index (χ3v) is 4.09. The lowest BCUT2D eigenvalue weighted by atomic mass is 10.1. The van der Waals surface area contributed by atoms with Crippen LogP contribution >= 0.6 is 27.3 Å². The second kappa shape index (κ2) is 5.47. The molecule has 0 spiro atoms. The average Bonchev–Trinajstić information content (AvgIpc) is 2.76. The van der Waals surface area contributed by atoms with Crippen molar-refractivity contribution in [1.82, 2.24) is 0 Å². The summed E-state index contributed by atoms with van der Waals surface area (Å²) in [5.41, 5.74) is 0.677. The lowest BCUT2D eigenvalue weighted by molar-refractivity contribution is 0.104. The first-order valence-electron chi connectivity index (χ1n) is 5.23. The highest BCUT2D eigenvalue weighted by molar-refractivity contribution is 9.10. The van der Waals surface area contributed by atoms with Crippen molar-refractivity contribution < 1.29 is 9.53 Å². The summed E-state index contributed by atoms with van der Waals surface area (Å²) in [6, 6.07) is 9.10. The number of carbonyl (C=O) groups is 1. The summed E-state index contributed by atoms with van der Waals surface area (Å²) in [5.74, 6) is 0.823. The molecule has 0 bridgehead atoms. The van der Waals surface area contributed by atoms with Crippen LogP contribution in [0.5, 0.6) is 5.75 Å². The molecule has 88 valence electrons. The van der Waals surface area contributed by atoms with E-state index >= 15 is 0 Å². The fourth-order valence-corrected chi connectivity index (χ4v) is 2.97. The van der Waals surface area contributed by atoms with E-state index in [0.29, 0.717) is 12.2 Å². The van der Waals surface area contributed by atoms with Crippen molar-refractivity contribution in [3.63, 3.8) is 0 Å². The minimum Gasteiger partial charge on any atom is -0.494 e. The number of ketones is 1. The summed E-state index contributed by atoms with van der Waals surface area (Å²) >= 11 is 4.81. The van der Waals surface area contributed by atoms with Gasteiger partial charge >= 0.3 is 0 Å². The molecule has 1 heterocycles. The molecule has 0 saturated heterocycles. The molecule has 0 aliphatic heterocycles. The maximum Gasteiger partial charge on any atom is 0.204 e. The van der Waals surface area contributed by atoms with Crippen molar-refractivity contribution in [1.29, 1.82) is 0 Å². The van der Waals surface area contributed by atoms with Crippen LogP contribution in [0.4, 0.5) is 0 Å². The molecule has 0 amide bonds. The van der Waals surface area contributed by atoms with Crippen LogP contribution in [0.25, 0.3) is 0 Å². The van der Waals surface area contributed by atoms with Gasteiger partial charge in [0.1, 0.15) is 5.75 Å². The van der Waals surface area contributed by atoms with Crippen LogP contribution in [-0.2, 0) is 0 Å². The van der Waals surface area contributed by atoms with Crippen LogP contribution in [0.15, 0.2) is 40.2 Å². The van der Waals surface area contributed by atoms with E-state index in [9.17, 15) is 4.79 Å². The van der Waals surface area contributed by atoms with E-state index in [-0.39, 0.29) is 5.78 Å². The molecule has 0 N–H and O–H groups in total. The molecule has 0 fully saturated rings. The maximum absolute atomic E-state index is 12.1. The number of carbonyl (C=O) groups excluding carboxylic acids is 1. The summed E-state index contributed by atoms with van der Waals surface area (Å²) in [5, 5.41) is 1.89. The van der Waals surface area contributed by atoms with Crippen LogP contribution < -0.4 is 4.74 Å². The molecular weight excluding hydrogens is 300 g/mol. The van der Waals surface area contributed by atoms with Crippen LogP contribution in [-0.4, -0.2) is 12.4 Å². The normalized spacial score (nSPS) is 10.2. The zero-order valence-electron chi connectivity index (χ0n) is 9.27. The summed E-state index contributed by atoms with van der Waals surface area (Å²) < 4.78 is 6.19. The average molecular weight is 311 g/mol. The van der Waals surface area contributed by atoms with Crippen molar-refractivity contribution in [3.05, 3.63) is 50.6 Å². The summed E-state index contributed by atoms with van der Waals surface area (Å²) in [6.45, 7) is 2.56. The van der Waals surface area contributed by atoms with Gasteiger partial charge in [0.15, 0.2) is 0 Å². The molecule has 0 unspecified atom stereocenters. The molecule has 1 aromatic heterocycles. The Morgan fingerprint density at radius 1 is 1.29 bits per heavy atom. The highest BCUT2D eigenvalue weighted by Gasteiger charge is 2.13. The number of halogens is 1. The number of hydrogen-bond acceptors (Lipinski definition) is 3. The molecule has 0 radical (unpaired) electrons. The third-order valence-electron chi connectivity index (χ3n) is 2.25. The molecule has 2 nitrogen and oxygen atoms in total. The minimum atomic E-state index is 0.0370. The minimum absolute atomic E-state index is 0.0370. The van der Waals surface area contributed by atoms with Crippen molar-refractivity contribution in [3.8, 4) is 5.75 Å². The van der Waals surface area contributed by atoms with Crippen molar-refractivity contribution in [2.45, 2.75) is 6.92 Å². The highest BCUT2D eigenvalue weighted by atomic mass is 79.9. The zero-order chi connectivity index (χ0) is 12.3. The number of benzene rings is 1. The molecule has 0 aliphatic rings. The molecular formula is C13H11BrO2S. The lowest BCUT2D eigenvalue weighted by Gasteiger charge is -2.03. The maximum atomic E-state index is 12.1. The molecule has 17 heavy (non-hydrogen) atoms. The second-order valence-electron chi connectivity index (χ2n) is 3.38. The Bertz CT molecular complexity index is 516. The van der Waals surface area contributed by atoms with Gasteiger partial charge in [-0.05, 0) is 58.6 Å². The topological polar surface area (TPSA) is 26.3 Å². The number of rotatable bonds is 4. The fraction of sp³-hybridized carbons (Fsp3) is 0.154. The molecule has 0 atom stereocenters. The smallest absolute Gasteiger partial charge is 0.204 e. The number of ether oxygens (including phenoxy) is 1. The van der Waals surface area contributed by atoms with Crippen LogP contribution in [0.3, 0.4) is 0 Å². The first-order chi connectivity index (χ1) is 8.22. The van der Waals surface area contributed by atoms with Gasteiger partial charge in [0.05, 0.1) is 11.5 Å². The molecule has 4 heteroatoms. The number of hydrogen-bond donors (Lipinski definition) is 0. The van der Waals surface area contributed by atoms with E-state index in [4.69, 9.17) is 4.74 Å². The Labute approximate surface area is 112 Å². The zero-order valence-corrected chi connectivity index (χ0v) is 11.7. The predicted molar refractivity (Wildman–Crippen MR) is 73.1 cm³/mol. The van der Waals surface area contributed by atoms with Crippen LogP contribution in [0.1, 0.15) is 22.2 Å². The largest absolute Gasteiger partial charge is 0.494 e. The SMILES string of the molecule is CCOc1ccc(C(=O)c2sccc2Br)cc1. The molecule has 0 saturated carbocycles. The third kappa shape index (κ3) is 2.76. The van der Waals surface area contributed by atoms with Gasteiger partial charge in [-0.3, -0.25) is 4.79 Å². The molecule has 0 aliphatic carbocycles. The van der Waals surface area contributed by atoms with Gasteiger partial charge in [-0.2, -0.15) is 0 Å². The first kappa shape index (κ1) is 12.3. The van der Waals surface area contributed by atoms with E-state index in [0.717, 1.165) is 15.1 Å². The van der Waals surface area contributed by atoms with Crippen LogP contribution in [0.2, 0.25) is 0 Å². The summed E-state index contributed by atoms with van der Waals surface area (Å²) in [6.07, 6.45) is 0. The quantitative estimate of drug-likeness (QED) is 0.793. The monoisotopic (exact) mass is 310 g/mol. The Morgan fingerprint density at radius 3 is 2.53 bits per heavy atom.